The van der Waals surface area contributed by atoms with Crippen molar-refractivity contribution in [1.82, 2.24) is 9.80 Å². The van der Waals surface area contributed by atoms with E-state index in [1.807, 2.05) is 11.8 Å². The van der Waals surface area contributed by atoms with Crippen LogP contribution in [0, 0.1) is 5.92 Å². The summed E-state index contributed by atoms with van der Waals surface area (Å²) in [6.07, 6.45) is 3.18. The molecule has 0 unspecified atom stereocenters. The Morgan fingerprint density at radius 2 is 2.14 bits per heavy atom. The van der Waals surface area contributed by atoms with Crippen LogP contribution in [0.4, 0.5) is 0 Å². The number of hydrogen-bond donors (Lipinski definition) is 0. The smallest absolute Gasteiger partial charge is 0.251 e. The van der Waals surface area contributed by atoms with Gasteiger partial charge in [0.1, 0.15) is 6.10 Å². The average molecular weight is 298 g/mol. The lowest BCUT2D eigenvalue weighted by atomic mass is 10.1. The van der Waals surface area contributed by atoms with Crippen LogP contribution in [-0.4, -0.2) is 74.4 Å². The minimum Gasteiger partial charge on any atom is -0.376 e. The van der Waals surface area contributed by atoms with E-state index >= 15 is 0 Å². The minimum atomic E-state index is -0.372. The summed E-state index contributed by atoms with van der Waals surface area (Å²) in [5.74, 6) is 0.625. The summed E-state index contributed by atoms with van der Waals surface area (Å²) < 4.78 is 11.4. The molecule has 2 heterocycles. The van der Waals surface area contributed by atoms with Crippen molar-refractivity contribution >= 4 is 5.91 Å². The second kappa shape index (κ2) is 7.56. The zero-order valence-corrected chi connectivity index (χ0v) is 13.9. The number of rotatable bonds is 5. The number of carbonyl (C=O) groups excluding carboxylic acids is 1. The van der Waals surface area contributed by atoms with Gasteiger partial charge in [0.05, 0.1) is 12.7 Å². The number of amides is 1. The lowest BCUT2D eigenvalue weighted by Crippen LogP contribution is -2.41. The first-order valence-electron chi connectivity index (χ1n) is 8.17. The summed E-state index contributed by atoms with van der Waals surface area (Å²) in [5, 5.41) is 0. The van der Waals surface area contributed by atoms with Gasteiger partial charge in [-0.1, -0.05) is 6.92 Å². The van der Waals surface area contributed by atoms with Gasteiger partial charge in [-0.25, -0.2) is 0 Å². The first-order valence-corrected chi connectivity index (χ1v) is 8.17. The Hall–Kier alpha value is -0.650. The quantitative estimate of drug-likeness (QED) is 0.769. The fourth-order valence-corrected chi connectivity index (χ4v) is 3.32. The molecule has 2 fully saturated rings. The monoisotopic (exact) mass is 298 g/mol. The van der Waals surface area contributed by atoms with Crippen molar-refractivity contribution in [1.29, 1.82) is 0 Å². The third kappa shape index (κ3) is 4.41. The van der Waals surface area contributed by atoms with Crippen LogP contribution in [0.25, 0.3) is 0 Å². The number of likely N-dealkylation sites (tertiary alicyclic amines) is 1. The zero-order valence-electron chi connectivity index (χ0n) is 13.9. The molecule has 0 aliphatic carbocycles. The molecule has 2 saturated heterocycles. The molecule has 0 radical (unpaired) electrons. The second-order valence-corrected chi connectivity index (χ2v) is 6.72. The molecule has 21 heavy (non-hydrogen) atoms. The Kier molecular flexibility index (Phi) is 6.02. The molecule has 122 valence electrons. The summed E-state index contributed by atoms with van der Waals surface area (Å²) in [4.78, 5) is 16.6. The van der Waals surface area contributed by atoms with Crippen molar-refractivity contribution in [3.63, 3.8) is 0 Å². The molecule has 4 atom stereocenters. The Bertz CT molecular complexity index is 342. The summed E-state index contributed by atoms with van der Waals surface area (Å²) in [6, 6.07) is 0.447. The molecular formula is C16H30N2O3. The van der Waals surface area contributed by atoms with Gasteiger partial charge in [-0.2, -0.15) is 0 Å². The van der Waals surface area contributed by atoms with Crippen molar-refractivity contribution < 1.29 is 14.3 Å². The van der Waals surface area contributed by atoms with Gasteiger partial charge in [0, 0.05) is 25.7 Å². The Morgan fingerprint density at radius 3 is 2.71 bits per heavy atom. The topological polar surface area (TPSA) is 42.0 Å². The van der Waals surface area contributed by atoms with E-state index in [1.54, 1.807) is 0 Å². The Morgan fingerprint density at radius 1 is 1.38 bits per heavy atom. The van der Waals surface area contributed by atoms with E-state index in [1.165, 1.54) is 6.42 Å². The van der Waals surface area contributed by atoms with Gasteiger partial charge in [0.25, 0.3) is 5.91 Å². The molecule has 0 aromatic rings. The molecule has 0 spiro atoms. The van der Waals surface area contributed by atoms with E-state index in [2.05, 4.69) is 25.9 Å². The summed E-state index contributed by atoms with van der Waals surface area (Å²) in [5.41, 5.74) is 0. The standard InChI is InChI=1S/C16H30N2O3/c1-12-9-18(10-15(12)17(3)4)16(19)13(2)21-11-14-7-5-6-8-20-14/h12-15H,5-11H2,1-4H3/t12-,13+,14+,15+/m1/s1. The van der Waals surface area contributed by atoms with Gasteiger partial charge in [-0.15, -0.1) is 0 Å². The van der Waals surface area contributed by atoms with E-state index < -0.39 is 0 Å². The molecule has 0 aromatic carbocycles. The van der Waals surface area contributed by atoms with E-state index in [0.29, 0.717) is 18.6 Å². The highest BCUT2D eigenvalue weighted by Gasteiger charge is 2.35. The van der Waals surface area contributed by atoms with Crippen molar-refractivity contribution in [2.24, 2.45) is 5.92 Å². The van der Waals surface area contributed by atoms with Gasteiger partial charge in [-0.3, -0.25) is 4.79 Å². The lowest BCUT2D eigenvalue weighted by Gasteiger charge is -2.26. The third-order valence-corrected chi connectivity index (χ3v) is 4.70. The van der Waals surface area contributed by atoms with Crippen LogP contribution in [0.1, 0.15) is 33.1 Å². The first-order chi connectivity index (χ1) is 9.99. The molecule has 0 aromatic heterocycles. The Labute approximate surface area is 128 Å². The summed E-state index contributed by atoms with van der Waals surface area (Å²) >= 11 is 0. The van der Waals surface area contributed by atoms with Crippen LogP contribution in [0.3, 0.4) is 0 Å². The van der Waals surface area contributed by atoms with Gasteiger partial charge < -0.3 is 19.3 Å². The highest BCUT2D eigenvalue weighted by molar-refractivity contribution is 5.80. The fourth-order valence-electron chi connectivity index (χ4n) is 3.32. The van der Waals surface area contributed by atoms with Gasteiger partial charge in [0.15, 0.2) is 0 Å². The van der Waals surface area contributed by atoms with Crippen molar-refractivity contribution in [2.75, 3.05) is 40.4 Å². The molecule has 2 rings (SSSR count). The number of nitrogens with zero attached hydrogens (tertiary/aromatic N) is 2. The lowest BCUT2D eigenvalue weighted by molar-refractivity contribution is -0.145. The van der Waals surface area contributed by atoms with Crippen LogP contribution in [0.15, 0.2) is 0 Å². The maximum Gasteiger partial charge on any atom is 0.251 e. The average Bonchev–Trinajstić information content (AvgIpc) is 2.87. The normalized spacial score (nSPS) is 31.7. The largest absolute Gasteiger partial charge is 0.376 e. The van der Waals surface area contributed by atoms with Crippen LogP contribution >= 0.6 is 0 Å². The molecule has 2 aliphatic rings. The molecular weight excluding hydrogens is 268 g/mol. The predicted octanol–water partition coefficient (Wildman–Crippen LogP) is 1.37. The molecule has 5 nitrogen and oxygen atoms in total. The minimum absolute atomic E-state index is 0.113. The number of carbonyl (C=O) groups is 1. The fraction of sp³-hybridized carbons (Fsp3) is 0.938. The SMILES string of the molecule is C[C@H](OC[C@@H]1CCCCO1)C(=O)N1C[C@@H](C)[C@@H](N(C)C)C1. The third-order valence-electron chi connectivity index (χ3n) is 4.70. The maximum atomic E-state index is 12.5. The maximum absolute atomic E-state index is 12.5. The van der Waals surface area contributed by atoms with E-state index in [4.69, 9.17) is 9.47 Å². The molecule has 1 amide bonds. The van der Waals surface area contributed by atoms with E-state index in [-0.39, 0.29) is 18.1 Å². The number of likely N-dealkylation sites (N-methyl/N-ethyl adjacent to an activating group) is 1. The Balaban J connectivity index is 1.77. The number of hydrogen-bond acceptors (Lipinski definition) is 4. The first kappa shape index (κ1) is 16.7. The number of ether oxygens (including phenoxy) is 2. The molecule has 2 aliphatic heterocycles. The summed E-state index contributed by atoms with van der Waals surface area (Å²) in [7, 11) is 4.16. The predicted molar refractivity (Wildman–Crippen MR) is 82.2 cm³/mol. The summed E-state index contributed by atoms with van der Waals surface area (Å²) in [6.45, 7) is 7.06. The molecule has 0 N–H and O–H groups in total. The molecule has 0 saturated carbocycles. The van der Waals surface area contributed by atoms with Crippen LogP contribution in [0.5, 0.6) is 0 Å². The highest BCUT2D eigenvalue weighted by atomic mass is 16.5. The van der Waals surface area contributed by atoms with Crippen molar-refractivity contribution in [3.05, 3.63) is 0 Å². The van der Waals surface area contributed by atoms with E-state index in [9.17, 15) is 4.79 Å². The van der Waals surface area contributed by atoms with E-state index in [0.717, 1.165) is 32.5 Å². The van der Waals surface area contributed by atoms with Crippen LogP contribution in [-0.2, 0) is 14.3 Å². The van der Waals surface area contributed by atoms with Gasteiger partial charge >= 0.3 is 0 Å². The van der Waals surface area contributed by atoms with Gasteiger partial charge in [-0.05, 0) is 46.2 Å². The van der Waals surface area contributed by atoms with Crippen molar-refractivity contribution in [2.45, 2.75) is 51.4 Å². The van der Waals surface area contributed by atoms with Crippen LogP contribution < -0.4 is 0 Å². The van der Waals surface area contributed by atoms with Crippen LogP contribution in [0.2, 0.25) is 0 Å². The zero-order chi connectivity index (χ0) is 15.4. The van der Waals surface area contributed by atoms with Gasteiger partial charge in [0.2, 0.25) is 0 Å². The molecule has 5 heteroatoms. The second-order valence-electron chi connectivity index (χ2n) is 6.72. The highest BCUT2D eigenvalue weighted by Crippen LogP contribution is 2.21. The molecule has 0 bridgehead atoms. The van der Waals surface area contributed by atoms with Crippen molar-refractivity contribution in [3.8, 4) is 0 Å².